The predicted octanol–water partition coefficient (Wildman–Crippen LogP) is 5.86. The minimum absolute atomic E-state index is 0.0229. The maximum absolute atomic E-state index is 9.81. The van der Waals surface area contributed by atoms with Crippen LogP contribution in [0.5, 0.6) is 0 Å². The molecule has 0 radical (unpaired) electrons. The maximum Gasteiger partial charge on any atom is 0.168 e. The fourth-order valence-corrected chi connectivity index (χ4v) is 6.22. The van der Waals surface area contributed by atoms with E-state index in [0.29, 0.717) is 26.4 Å². The van der Waals surface area contributed by atoms with Gasteiger partial charge in [0.25, 0.3) is 0 Å². The van der Waals surface area contributed by atoms with Gasteiger partial charge < -0.3 is 43.0 Å². The van der Waals surface area contributed by atoms with E-state index in [0.717, 1.165) is 56.9 Å². The molecule has 0 aliphatic carbocycles. The van der Waals surface area contributed by atoms with Crippen LogP contribution in [0.4, 0.5) is 0 Å². The van der Waals surface area contributed by atoms with Gasteiger partial charge in [-0.1, -0.05) is 62.0 Å². The topological polar surface area (TPSA) is 94.1 Å². The number of hydrogen-bond acceptors (Lipinski definition) is 9. The molecule has 0 amide bonds. The van der Waals surface area contributed by atoms with E-state index in [1.54, 1.807) is 0 Å². The third-order valence-electron chi connectivity index (χ3n) is 9.77. The Kier molecular flexibility index (Phi) is 12.7. The van der Waals surface area contributed by atoms with Crippen LogP contribution in [0.1, 0.15) is 107 Å². The molecule has 4 atom stereocenters. The minimum Gasteiger partial charge on any atom is -0.396 e. The van der Waals surface area contributed by atoms with Crippen molar-refractivity contribution < 1.29 is 43.0 Å². The van der Waals surface area contributed by atoms with E-state index in [9.17, 15) is 5.11 Å². The van der Waals surface area contributed by atoms with E-state index in [1.165, 1.54) is 0 Å². The lowest BCUT2D eigenvalue weighted by Crippen LogP contribution is -2.40. The maximum atomic E-state index is 9.81. The van der Waals surface area contributed by atoms with Crippen molar-refractivity contribution in [2.24, 2.45) is 5.92 Å². The number of ether oxygens (including phenoxy) is 8. The van der Waals surface area contributed by atoms with Gasteiger partial charge in [-0.2, -0.15) is 0 Å². The Hall–Kier alpha value is -0.620. The summed E-state index contributed by atoms with van der Waals surface area (Å²) in [4.78, 5) is 0. The summed E-state index contributed by atoms with van der Waals surface area (Å²) >= 11 is 0. The molecule has 0 unspecified atom stereocenters. The van der Waals surface area contributed by atoms with Gasteiger partial charge in [-0.15, -0.1) is 0 Å². The molecule has 9 nitrogen and oxygen atoms in total. The summed E-state index contributed by atoms with van der Waals surface area (Å²) in [6.45, 7) is 22.9. The highest BCUT2D eigenvalue weighted by Crippen LogP contribution is 2.40. The summed E-state index contributed by atoms with van der Waals surface area (Å²) in [5, 5.41) is 9.81. The van der Waals surface area contributed by atoms with Gasteiger partial charge in [-0.3, -0.25) is 0 Å². The van der Waals surface area contributed by atoms with Crippen molar-refractivity contribution in [3.63, 3.8) is 0 Å². The van der Waals surface area contributed by atoms with Crippen LogP contribution in [0, 0.1) is 5.92 Å². The van der Waals surface area contributed by atoms with Crippen molar-refractivity contribution in [1.82, 2.24) is 0 Å². The van der Waals surface area contributed by atoms with Crippen molar-refractivity contribution in [1.29, 1.82) is 0 Å². The molecule has 0 saturated carbocycles. The first-order valence-electron chi connectivity index (χ1n) is 16.2. The second-order valence-corrected chi connectivity index (χ2v) is 11.7. The molecule has 0 spiro atoms. The number of hydrogen-bond donors (Lipinski definition) is 1. The summed E-state index contributed by atoms with van der Waals surface area (Å²) < 4.78 is 47.9. The van der Waals surface area contributed by atoms with Crippen LogP contribution in [0.15, 0.2) is 12.2 Å². The van der Waals surface area contributed by atoms with Crippen LogP contribution in [0.3, 0.4) is 0 Å². The first-order valence-corrected chi connectivity index (χ1v) is 16.2. The SMILES string of the molecule is C=C([C@@H]1COC(CC)(CC)O1)[C@@H]1COC(CC)(CC)O1.CCC1(CC)OC[C@@H](C(CO)[C@@H]2COC(CC)(CC)O2)O1. The third-order valence-corrected chi connectivity index (χ3v) is 9.77. The quantitative estimate of drug-likeness (QED) is 0.266. The van der Waals surface area contributed by atoms with E-state index >= 15 is 0 Å². The van der Waals surface area contributed by atoms with Crippen molar-refractivity contribution in [3.05, 3.63) is 12.2 Å². The summed E-state index contributed by atoms with van der Waals surface area (Å²) in [6.07, 6.45) is 6.21. The number of aliphatic hydroxyl groups excluding tert-OH is 1. The molecule has 240 valence electrons. The molecule has 0 aromatic heterocycles. The molecule has 41 heavy (non-hydrogen) atoms. The van der Waals surface area contributed by atoms with E-state index in [1.807, 2.05) is 0 Å². The zero-order valence-corrected chi connectivity index (χ0v) is 27.0. The first kappa shape index (κ1) is 34.9. The molecule has 1 N–H and O–H groups in total. The molecule has 0 bridgehead atoms. The Labute approximate surface area is 248 Å². The fraction of sp³-hybridized carbons (Fsp3) is 0.938. The number of aliphatic hydroxyl groups is 1. The van der Waals surface area contributed by atoms with Gasteiger partial charge in [0.1, 0.15) is 12.2 Å². The first-order chi connectivity index (χ1) is 19.6. The largest absolute Gasteiger partial charge is 0.396 e. The molecule has 4 rings (SSSR count). The Morgan fingerprint density at radius 1 is 0.561 bits per heavy atom. The number of rotatable bonds is 13. The molecule has 4 fully saturated rings. The van der Waals surface area contributed by atoms with Crippen molar-refractivity contribution in [3.8, 4) is 0 Å². The predicted molar refractivity (Wildman–Crippen MR) is 156 cm³/mol. The van der Waals surface area contributed by atoms with Gasteiger partial charge in [-0.25, -0.2) is 0 Å². The van der Waals surface area contributed by atoms with E-state index in [4.69, 9.17) is 37.9 Å². The Morgan fingerprint density at radius 3 is 1.10 bits per heavy atom. The zero-order chi connectivity index (χ0) is 30.3. The lowest BCUT2D eigenvalue weighted by molar-refractivity contribution is -0.197. The van der Waals surface area contributed by atoms with Gasteiger partial charge in [0.05, 0.1) is 45.2 Å². The molecular weight excluding hydrogens is 528 g/mol. The monoisotopic (exact) mass is 586 g/mol. The van der Waals surface area contributed by atoms with Crippen molar-refractivity contribution in [2.75, 3.05) is 33.0 Å². The van der Waals surface area contributed by atoms with Gasteiger partial charge in [0, 0.05) is 5.92 Å². The lowest BCUT2D eigenvalue weighted by Gasteiger charge is -2.30. The average Bonchev–Trinajstić information content (AvgIpc) is 3.83. The Bertz CT molecular complexity index is 739. The standard InChI is InChI=1S/C16H30O5.C16H28O4/c1-5-15(6-2)18-10-13(20-15)12(9-17)14-11-19-16(7-3,8-4)21-14;1-6-15(7-2)17-10-13(19-15)12(5)14-11-18-16(8-3,9-4)20-14/h12-14,17H,5-11H2,1-4H3;13-14H,5-11H2,1-4H3/t2*13-,14-/m00/s1. The molecular formula is C32H58O9. The van der Waals surface area contributed by atoms with Gasteiger partial charge in [0.15, 0.2) is 23.1 Å². The van der Waals surface area contributed by atoms with E-state index < -0.39 is 23.1 Å². The molecule has 0 aromatic carbocycles. The molecule has 4 saturated heterocycles. The van der Waals surface area contributed by atoms with Crippen LogP contribution in [-0.4, -0.2) is 85.7 Å². The molecule has 4 heterocycles. The summed E-state index contributed by atoms with van der Waals surface area (Å²) in [5.74, 6) is -1.99. The normalized spacial score (nSPS) is 31.4. The van der Waals surface area contributed by atoms with Gasteiger partial charge >= 0.3 is 0 Å². The highest BCUT2D eigenvalue weighted by Gasteiger charge is 2.49. The van der Waals surface area contributed by atoms with E-state index in [-0.39, 0.29) is 36.9 Å². The summed E-state index contributed by atoms with van der Waals surface area (Å²) in [6, 6.07) is 0. The van der Waals surface area contributed by atoms with Crippen LogP contribution >= 0.6 is 0 Å². The van der Waals surface area contributed by atoms with Crippen LogP contribution < -0.4 is 0 Å². The third kappa shape index (κ3) is 7.55. The second-order valence-electron chi connectivity index (χ2n) is 11.7. The lowest BCUT2D eigenvalue weighted by atomic mass is 9.97. The average molecular weight is 587 g/mol. The summed E-state index contributed by atoms with van der Waals surface area (Å²) in [7, 11) is 0. The highest BCUT2D eigenvalue weighted by molar-refractivity contribution is 5.13. The van der Waals surface area contributed by atoms with Crippen molar-refractivity contribution in [2.45, 2.75) is 154 Å². The van der Waals surface area contributed by atoms with Crippen LogP contribution in [0.2, 0.25) is 0 Å². The van der Waals surface area contributed by atoms with Gasteiger partial charge in [-0.05, 0) is 56.9 Å². The van der Waals surface area contributed by atoms with Crippen LogP contribution in [0.25, 0.3) is 0 Å². The van der Waals surface area contributed by atoms with Crippen molar-refractivity contribution >= 4 is 0 Å². The smallest absolute Gasteiger partial charge is 0.168 e. The highest BCUT2D eigenvalue weighted by atomic mass is 16.8. The Morgan fingerprint density at radius 2 is 0.854 bits per heavy atom. The summed E-state index contributed by atoms with van der Waals surface area (Å²) in [5.41, 5.74) is 0.942. The Balaban J connectivity index is 0.000000226. The molecule has 4 aliphatic rings. The second kappa shape index (κ2) is 14.9. The fourth-order valence-electron chi connectivity index (χ4n) is 6.22. The molecule has 4 aliphatic heterocycles. The van der Waals surface area contributed by atoms with E-state index in [2.05, 4.69) is 62.0 Å². The van der Waals surface area contributed by atoms with Gasteiger partial charge in [0.2, 0.25) is 0 Å². The minimum atomic E-state index is -0.496. The zero-order valence-electron chi connectivity index (χ0n) is 27.0. The van der Waals surface area contributed by atoms with Crippen LogP contribution in [-0.2, 0) is 37.9 Å². The molecule has 0 aromatic rings. The molecule has 9 heteroatoms.